The molecule has 0 aromatic rings. The highest BCUT2D eigenvalue weighted by Gasteiger charge is 2.46. The highest BCUT2D eigenvalue weighted by molar-refractivity contribution is 5.00. The van der Waals surface area contributed by atoms with Crippen LogP contribution in [0.15, 0.2) is 0 Å². The predicted octanol–water partition coefficient (Wildman–Crippen LogP) is 2.27. The average molecular weight is 153 g/mol. The van der Waals surface area contributed by atoms with Crippen LogP contribution in [0.5, 0.6) is 0 Å². The van der Waals surface area contributed by atoms with Crippen molar-refractivity contribution in [3.05, 3.63) is 0 Å². The Hall–Kier alpha value is -0.0400. The predicted molar refractivity (Wildman–Crippen MR) is 47.6 cm³/mol. The van der Waals surface area contributed by atoms with Gasteiger partial charge in [0.1, 0.15) is 0 Å². The molecule has 1 aliphatic heterocycles. The van der Waals surface area contributed by atoms with Gasteiger partial charge in [0.05, 0.1) is 0 Å². The van der Waals surface area contributed by atoms with Gasteiger partial charge in [0.2, 0.25) is 0 Å². The zero-order valence-corrected chi connectivity index (χ0v) is 7.93. The Labute approximate surface area is 69.8 Å². The minimum Gasteiger partial charge on any atom is -0.295 e. The fourth-order valence-electron chi connectivity index (χ4n) is 2.66. The molecule has 1 heteroatoms. The zero-order chi connectivity index (χ0) is 8.06. The summed E-state index contributed by atoms with van der Waals surface area (Å²) in [6.45, 7) is 8.37. The van der Waals surface area contributed by atoms with Gasteiger partial charge in [-0.25, -0.2) is 0 Å². The van der Waals surface area contributed by atoms with Crippen molar-refractivity contribution in [1.29, 1.82) is 0 Å². The third kappa shape index (κ3) is 1.10. The molecule has 64 valence electrons. The summed E-state index contributed by atoms with van der Waals surface area (Å²) >= 11 is 0. The molecule has 0 spiro atoms. The van der Waals surface area contributed by atoms with Crippen LogP contribution in [0.1, 0.15) is 40.0 Å². The average Bonchev–Trinajstić information content (AvgIpc) is 2.08. The molecule has 0 aromatic heterocycles. The maximum absolute atomic E-state index is 2.67. The Morgan fingerprint density at radius 2 is 1.91 bits per heavy atom. The highest BCUT2D eigenvalue weighted by Crippen LogP contribution is 2.42. The first kappa shape index (κ1) is 7.60. The van der Waals surface area contributed by atoms with E-state index in [0.29, 0.717) is 5.54 Å². The molecule has 0 radical (unpaired) electrons. The number of hydrogen-bond donors (Lipinski definition) is 0. The van der Waals surface area contributed by atoms with Gasteiger partial charge in [-0.1, -0.05) is 6.42 Å². The summed E-state index contributed by atoms with van der Waals surface area (Å²) in [6, 6.07) is 0.954. The second-order valence-corrected chi connectivity index (χ2v) is 5.08. The molecule has 1 nitrogen and oxygen atoms in total. The topological polar surface area (TPSA) is 3.24 Å². The van der Waals surface area contributed by atoms with E-state index in [1.165, 1.54) is 25.8 Å². The summed E-state index contributed by atoms with van der Waals surface area (Å²) in [5.74, 6) is 1.06. The minimum absolute atomic E-state index is 0.422. The molecule has 2 atom stereocenters. The maximum atomic E-state index is 2.67. The monoisotopic (exact) mass is 153 g/mol. The van der Waals surface area contributed by atoms with E-state index in [1.54, 1.807) is 0 Å². The summed E-state index contributed by atoms with van der Waals surface area (Å²) in [5.41, 5.74) is 0.422. The SMILES string of the molecule is CC(C)(C)N1C[C@@H]2CCC[C@@H]21. The Morgan fingerprint density at radius 1 is 1.18 bits per heavy atom. The summed E-state index contributed by atoms with van der Waals surface area (Å²) in [7, 11) is 0. The number of likely N-dealkylation sites (tertiary alicyclic amines) is 1. The van der Waals surface area contributed by atoms with Gasteiger partial charge < -0.3 is 0 Å². The van der Waals surface area contributed by atoms with Crippen LogP contribution in [-0.4, -0.2) is 23.0 Å². The van der Waals surface area contributed by atoms with Gasteiger partial charge in [0, 0.05) is 18.1 Å². The fourth-order valence-corrected chi connectivity index (χ4v) is 2.66. The van der Waals surface area contributed by atoms with Crippen molar-refractivity contribution in [2.45, 2.75) is 51.6 Å². The van der Waals surface area contributed by atoms with Crippen LogP contribution in [0.25, 0.3) is 0 Å². The van der Waals surface area contributed by atoms with Crippen LogP contribution < -0.4 is 0 Å². The van der Waals surface area contributed by atoms with Crippen molar-refractivity contribution in [3.63, 3.8) is 0 Å². The van der Waals surface area contributed by atoms with Crippen LogP contribution in [-0.2, 0) is 0 Å². The van der Waals surface area contributed by atoms with Gasteiger partial charge in [-0.05, 0) is 39.5 Å². The van der Waals surface area contributed by atoms with Crippen LogP contribution in [0.4, 0.5) is 0 Å². The number of rotatable bonds is 0. The lowest BCUT2D eigenvalue weighted by Crippen LogP contribution is -2.60. The number of hydrogen-bond acceptors (Lipinski definition) is 1. The second-order valence-electron chi connectivity index (χ2n) is 5.08. The van der Waals surface area contributed by atoms with E-state index in [4.69, 9.17) is 0 Å². The molecule has 0 bridgehead atoms. The van der Waals surface area contributed by atoms with Gasteiger partial charge >= 0.3 is 0 Å². The van der Waals surface area contributed by atoms with E-state index in [-0.39, 0.29) is 0 Å². The summed E-state index contributed by atoms with van der Waals surface area (Å²) in [5, 5.41) is 0. The summed E-state index contributed by atoms with van der Waals surface area (Å²) < 4.78 is 0. The molecule has 0 amide bonds. The summed E-state index contributed by atoms with van der Waals surface area (Å²) in [6.07, 6.45) is 4.43. The zero-order valence-electron chi connectivity index (χ0n) is 7.93. The van der Waals surface area contributed by atoms with Crippen LogP contribution >= 0.6 is 0 Å². The van der Waals surface area contributed by atoms with Crippen molar-refractivity contribution in [2.75, 3.05) is 6.54 Å². The van der Waals surface area contributed by atoms with Crippen LogP contribution in [0.2, 0.25) is 0 Å². The Morgan fingerprint density at radius 3 is 2.45 bits per heavy atom. The number of nitrogens with zero attached hydrogens (tertiary/aromatic N) is 1. The van der Waals surface area contributed by atoms with Gasteiger partial charge in [0.15, 0.2) is 0 Å². The Balaban J connectivity index is 2.00. The molecular weight excluding hydrogens is 134 g/mol. The maximum Gasteiger partial charge on any atom is 0.0141 e. The molecular formula is C10H19N. The van der Waals surface area contributed by atoms with E-state index < -0.39 is 0 Å². The summed E-state index contributed by atoms with van der Waals surface area (Å²) in [4.78, 5) is 2.67. The standard InChI is InChI=1S/C10H19N/c1-10(2,3)11-7-8-5-4-6-9(8)11/h8-9H,4-7H2,1-3H3/t8-,9-/m0/s1. The lowest BCUT2D eigenvalue weighted by molar-refractivity contribution is -0.0366. The van der Waals surface area contributed by atoms with Gasteiger partial charge in [-0.15, -0.1) is 0 Å². The first-order chi connectivity index (χ1) is 5.09. The largest absolute Gasteiger partial charge is 0.295 e. The smallest absolute Gasteiger partial charge is 0.0141 e. The Bertz CT molecular complexity index is 157. The number of fused-ring (bicyclic) bond motifs is 1. The molecule has 1 saturated heterocycles. The van der Waals surface area contributed by atoms with E-state index in [0.717, 1.165) is 12.0 Å². The molecule has 0 N–H and O–H groups in total. The quantitative estimate of drug-likeness (QED) is 0.516. The molecule has 2 rings (SSSR count). The highest BCUT2D eigenvalue weighted by atomic mass is 15.3. The lowest BCUT2D eigenvalue weighted by Gasteiger charge is -2.52. The van der Waals surface area contributed by atoms with Crippen molar-refractivity contribution in [1.82, 2.24) is 4.90 Å². The first-order valence-corrected chi connectivity index (χ1v) is 4.86. The molecule has 0 unspecified atom stereocenters. The van der Waals surface area contributed by atoms with E-state index in [2.05, 4.69) is 25.7 Å². The first-order valence-electron chi connectivity index (χ1n) is 4.86. The van der Waals surface area contributed by atoms with Gasteiger partial charge in [-0.3, -0.25) is 4.90 Å². The molecule has 11 heavy (non-hydrogen) atoms. The molecule has 1 aliphatic carbocycles. The van der Waals surface area contributed by atoms with Crippen molar-refractivity contribution >= 4 is 0 Å². The van der Waals surface area contributed by atoms with E-state index >= 15 is 0 Å². The fraction of sp³-hybridized carbons (Fsp3) is 1.00. The molecule has 2 fully saturated rings. The third-order valence-corrected chi connectivity index (χ3v) is 3.31. The van der Waals surface area contributed by atoms with Crippen LogP contribution in [0.3, 0.4) is 0 Å². The van der Waals surface area contributed by atoms with Crippen molar-refractivity contribution < 1.29 is 0 Å². The van der Waals surface area contributed by atoms with Gasteiger partial charge in [-0.2, -0.15) is 0 Å². The Kier molecular flexibility index (Phi) is 1.54. The molecule has 1 saturated carbocycles. The van der Waals surface area contributed by atoms with E-state index in [1.807, 2.05) is 0 Å². The molecule has 1 heterocycles. The molecule has 2 aliphatic rings. The third-order valence-electron chi connectivity index (χ3n) is 3.31. The lowest BCUT2D eigenvalue weighted by atomic mass is 9.86. The van der Waals surface area contributed by atoms with E-state index in [9.17, 15) is 0 Å². The normalized spacial score (nSPS) is 38.5. The van der Waals surface area contributed by atoms with Crippen LogP contribution in [0, 0.1) is 5.92 Å². The minimum atomic E-state index is 0.422. The van der Waals surface area contributed by atoms with Crippen molar-refractivity contribution in [3.8, 4) is 0 Å². The van der Waals surface area contributed by atoms with Crippen molar-refractivity contribution in [2.24, 2.45) is 5.92 Å². The van der Waals surface area contributed by atoms with Gasteiger partial charge in [0.25, 0.3) is 0 Å². The molecule has 0 aromatic carbocycles. The second kappa shape index (κ2) is 2.22.